The first kappa shape index (κ1) is 12.9. The van der Waals surface area contributed by atoms with Crippen LogP contribution in [0.4, 0.5) is 0 Å². The molecule has 17 heavy (non-hydrogen) atoms. The summed E-state index contributed by atoms with van der Waals surface area (Å²) in [5.74, 6) is 3.05. The molecule has 0 spiro atoms. The van der Waals surface area contributed by atoms with Gasteiger partial charge in [0, 0.05) is 12.5 Å². The van der Waals surface area contributed by atoms with E-state index < -0.39 is 0 Å². The molecule has 0 amide bonds. The molecule has 0 N–H and O–H groups in total. The Hall–Kier alpha value is -0.570. The third-order valence-electron chi connectivity index (χ3n) is 3.83. The molecule has 0 atom stereocenters. The molecule has 1 heterocycles. The van der Waals surface area contributed by atoms with Gasteiger partial charge in [-0.1, -0.05) is 33.6 Å². The van der Waals surface area contributed by atoms with Gasteiger partial charge < -0.3 is 4.57 Å². The number of halogens is 1. The minimum atomic E-state index is 0.387. The SMILES string of the molecule is CC1CCC(Cn2c(Cl)nnc2C(C)C)CC1. The highest BCUT2D eigenvalue weighted by molar-refractivity contribution is 6.28. The lowest BCUT2D eigenvalue weighted by molar-refractivity contribution is 0.262. The third-order valence-corrected chi connectivity index (χ3v) is 4.11. The summed E-state index contributed by atoms with van der Waals surface area (Å²) in [4.78, 5) is 0. The van der Waals surface area contributed by atoms with Crippen LogP contribution < -0.4 is 0 Å². The Morgan fingerprint density at radius 2 is 1.88 bits per heavy atom. The van der Waals surface area contributed by atoms with Crippen LogP contribution in [0.25, 0.3) is 0 Å². The van der Waals surface area contributed by atoms with Gasteiger partial charge >= 0.3 is 0 Å². The molecule has 0 bridgehead atoms. The summed E-state index contributed by atoms with van der Waals surface area (Å²) in [7, 11) is 0. The molecule has 0 saturated heterocycles. The van der Waals surface area contributed by atoms with Gasteiger partial charge in [-0.05, 0) is 36.3 Å². The van der Waals surface area contributed by atoms with Gasteiger partial charge in [0.1, 0.15) is 5.82 Å². The molecular formula is C13H22ClN3. The van der Waals surface area contributed by atoms with Crippen molar-refractivity contribution in [2.45, 2.75) is 58.9 Å². The molecule has 1 aromatic heterocycles. The van der Waals surface area contributed by atoms with E-state index in [-0.39, 0.29) is 0 Å². The molecule has 0 radical (unpaired) electrons. The van der Waals surface area contributed by atoms with Crippen LogP contribution in [0.15, 0.2) is 0 Å². The second kappa shape index (κ2) is 5.38. The number of nitrogens with zero attached hydrogens (tertiary/aromatic N) is 3. The molecule has 96 valence electrons. The van der Waals surface area contributed by atoms with Crippen molar-refractivity contribution in [3.8, 4) is 0 Å². The summed E-state index contributed by atoms with van der Waals surface area (Å²) >= 11 is 6.13. The molecule has 4 heteroatoms. The Labute approximate surface area is 109 Å². The standard InChI is InChI=1S/C13H22ClN3/c1-9(2)12-15-16-13(14)17(12)8-11-6-4-10(3)5-7-11/h9-11H,4-8H2,1-3H3. The minimum absolute atomic E-state index is 0.387. The zero-order valence-electron chi connectivity index (χ0n) is 11.0. The second-order valence-corrected chi connectivity index (χ2v) is 6.06. The van der Waals surface area contributed by atoms with Gasteiger partial charge in [-0.25, -0.2) is 0 Å². The average molecular weight is 256 g/mol. The summed E-state index contributed by atoms with van der Waals surface area (Å²) in [6.07, 6.45) is 5.32. The van der Waals surface area contributed by atoms with Crippen LogP contribution in [-0.4, -0.2) is 14.8 Å². The van der Waals surface area contributed by atoms with Crippen molar-refractivity contribution in [3.63, 3.8) is 0 Å². The normalized spacial score (nSPS) is 25.5. The molecule has 1 aliphatic rings. The van der Waals surface area contributed by atoms with E-state index >= 15 is 0 Å². The first-order chi connectivity index (χ1) is 8.08. The van der Waals surface area contributed by atoms with Crippen LogP contribution >= 0.6 is 11.6 Å². The Bertz CT molecular complexity index is 365. The maximum absolute atomic E-state index is 6.13. The monoisotopic (exact) mass is 255 g/mol. The Morgan fingerprint density at radius 3 is 2.47 bits per heavy atom. The fourth-order valence-electron chi connectivity index (χ4n) is 2.66. The van der Waals surface area contributed by atoms with Gasteiger partial charge in [-0.15, -0.1) is 10.2 Å². The van der Waals surface area contributed by atoms with Crippen molar-refractivity contribution >= 4 is 11.6 Å². The molecule has 0 unspecified atom stereocenters. The highest BCUT2D eigenvalue weighted by Gasteiger charge is 2.21. The summed E-state index contributed by atoms with van der Waals surface area (Å²) in [6.45, 7) is 7.62. The van der Waals surface area contributed by atoms with Gasteiger partial charge in [0.05, 0.1) is 0 Å². The predicted molar refractivity (Wildman–Crippen MR) is 70.2 cm³/mol. The number of rotatable bonds is 3. The molecule has 1 saturated carbocycles. The molecule has 1 aliphatic carbocycles. The van der Waals surface area contributed by atoms with E-state index in [0.29, 0.717) is 11.2 Å². The minimum Gasteiger partial charge on any atom is -0.301 e. The highest BCUT2D eigenvalue weighted by atomic mass is 35.5. The maximum atomic E-state index is 6.13. The van der Waals surface area contributed by atoms with Crippen molar-refractivity contribution in [2.75, 3.05) is 0 Å². The van der Waals surface area contributed by atoms with Crippen molar-refractivity contribution in [1.82, 2.24) is 14.8 Å². The topological polar surface area (TPSA) is 30.7 Å². The predicted octanol–water partition coefficient (Wildman–Crippen LogP) is 3.88. The quantitative estimate of drug-likeness (QED) is 0.821. The van der Waals surface area contributed by atoms with E-state index in [1.165, 1.54) is 25.7 Å². The van der Waals surface area contributed by atoms with Crippen LogP contribution in [0, 0.1) is 11.8 Å². The zero-order chi connectivity index (χ0) is 12.4. The fourth-order valence-corrected chi connectivity index (χ4v) is 2.85. The highest BCUT2D eigenvalue weighted by Crippen LogP contribution is 2.30. The van der Waals surface area contributed by atoms with E-state index in [4.69, 9.17) is 11.6 Å². The largest absolute Gasteiger partial charge is 0.301 e. The summed E-state index contributed by atoms with van der Waals surface area (Å²) in [6, 6.07) is 0. The Kier molecular flexibility index (Phi) is 4.08. The molecule has 0 aromatic carbocycles. The molecular weight excluding hydrogens is 234 g/mol. The van der Waals surface area contributed by atoms with Crippen molar-refractivity contribution in [3.05, 3.63) is 11.1 Å². The van der Waals surface area contributed by atoms with E-state index in [1.54, 1.807) is 0 Å². The maximum Gasteiger partial charge on any atom is 0.225 e. The Balaban J connectivity index is 2.05. The van der Waals surface area contributed by atoms with E-state index in [2.05, 4.69) is 35.5 Å². The van der Waals surface area contributed by atoms with Crippen molar-refractivity contribution in [2.24, 2.45) is 11.8 Å². The summed E-state index contributed by atoms with van der Waals surface area (Å²) < 4.78 is 2.10. The third kappa shape index (κ3) is 3.01. The van der Waals surface area contributed by atoms with Crippen molar-refractivity contribution in [1.29, 1.82) is 0 Å². The number of hydrogen-bond acceptors (Lipinski definition) is 2. The van der Waals surface area contributed by atoms with Gasteiger partial charge in [0.15, 0.2) is 0 Å². The molecule has 2 rings (SSSR count). The molecule has 3 nitrogen and oxygen atoms in total. The zero-order valence-corrected chi connectivity index (χ0v) is 11.7. The number of hydrogen-bond donors (Lipinski definition) is 0. The van der Waals surface area contributed by atoms with Gasteiger partial charge in [-0.2, -0.15) is 0 Å². The Morgan fingerprint density at radius 1 is 1.24 bits per heavy atom. The summed E-state index contributed by atoms with van der Waals surface area (Å²) in [5.41, 5.74) is 0. The van der Waals surface area contributed by atoms with E-state index in [0.717, 1.165) is 24.2 Å². The molecule has 1 fully saturated rings. The molecule has 0 aliphatic heterocycles. The van der Waals surface area contributed by atoms with E-state index in [9.17, 15) is 0 Å². The first-order valence-corrected chi connectivity index (χ1v) is 7.04. The van der Waals surface area contributed by atoms with Crippen LogP contribution in [0.3, 0.4) is 0 Å². The van der Waals surface area contributed by atoms with Crippen LogP contribution in [-0.2, 0) is 6.54 Å². The van der Waals surface area contributed by atoms with Crippen LogP contribution in [0.1, 0.15) is 58.2 Å². The fraction of sp³-hybridized carbons (Fsp3) is 0.846. The van der Waals surface area contributed by atoms with Crippen LogP contribution in [0.2, 0.25) is 5.28 Å². The van der Waals surface area contributed by atoms with Crippen LogP contribution in [0.5, 0.6) is 0 Å². The lowest BCUT2D eigenvalue weighted by atomic mass is 9.83. The average Bonchev–Trinajstić information content (AvgIpc) is 2.64. The van der Waals surface area contributed by atoms with E-state index in [1.807, 2.05) is 0 Å². The van der Waals surface area contributed by atoms with Gasteiger partial charge in [-0.3, -0.25) is 0 Å². The second-order valence-electron chi connectivity index (χ2n) is 5.72. The summed E-state index contributed by atoms with van der Waals surface area (Å²) in [5, 5.41) is 8.72. The molecule has 1 aromatic rings. The number of aromatic nitrogens is 3. The smallest absolute Gasteiger partial charge is 0.225 e. The lowest BCUT2D eigenvalue weighted by Crippen LogP contribution is -2.19. The van der Waals surface area contributed by atoms with Crippen molar-refractivity contribution < 1.29 is 0 Å². The first-order valence-electron chi connectivity index (χ1n) is 6.66. The lowest BCUT2D eigenvalue weighted by Gasteiger charge is -2.27. The van der Waals surface area contributed by atoms with Gasteiger partial charge in [0.2, 0.25) is 5.28 Å². The van der Waals surface area contributed by atoms with Gasteiger partial charge in [0.25, 0.3) is 0 Å².